The van der Waals surface area contributed by atoms with E-state index in [-0.39, 0.29) is 5.92 Å². The fourth-order valence-electron chi connectivity index (χ4n) is 6.05. The molecular formula is C25H39N3O. The lowest BCUT2D eigenvalue weighted by Crippen LogP contribution is -2.54. The van der Waals surface area contributed by atoms with Crippen LogP contribution in [0.25, 0.3) is 0 Å². The van der Waals surface area contributed by atoms with Gasteiger partial charge in [0.2, 0.25) is 0 Å². The molecule has 3 fully saturated rings. The molecule has 4 nitrogen and oxygen atoms in total. The zero-order valence-electron chi connectivity index (χ0n) is 18.9. The van der Waals surface area contributed by atoms with Crippen molar-refractivity contribution in [2.24, 2.45) is 17.3 Å². The minimum atomic E-state index is 0.205. The number of likely N-dealkylation sites (tertiary alicyclic amines) is 1. The molecule has 160 valence electrons. The first-order valence-electron chi connectivity index (χ1n) is 12.0. The molecule has 29 heavy (non-hydrogen) atoms. The second-order valence-corrected chi connectivity index (χ2v) is 10.7. The van der Waals surface area contributed by atoms with Crippen LogP contribution >= 0.6 is 0 Å². The highest BCUT2D eigenvalue weighted by Crippen LogP contribution is 2.55. The van der Waals surface area contributed by atoms with Gasteiger partial charge in [0.05, 0.1) is 0 Å². The van der Waals surface area contributed by atoms with Crippen LogP contribution < -0.4 is 0 Å². The van der Waals surface area contributed by atoms with Crippen molar-refractivity contribution < 1.29 is 4.79 Å². The van der Waals surface area contributed by atoms with Crippen LogP contribution in [0.2, 0.25) is 0 Å². The van der Waals surface area contributed by atoms with Gasteiger partial charge in [-0.1, -0.05) is 27.7 Å². The summed E-state index contributed by atoms with van der Waals surface area (Å²) in [4.78, 5) is 24.2. The van der Waals surface area contributed by atoms with Crippen LogP contribution in [0.1, 0.15) is 102 Å². The highest BCUT2D eigenvalue weighted by molar-refractivity contribution is 5.82. The molecule has 4 rings (SSSR count). The van der Waals surface area contributed by atoms with Gasteiger partial charge in [-0.25, -0.2) is 9.97 Å². The van der Waals surface area contributed by atoms with Crippen LogP contribution in [0.3, 0.4) is 0 Å². The van der Waals surface area contributed by atoms with Gasteiger partial charge in [-0.05, 0) is 81.4 Å². The minimum absolute atomic E-state index is 0.205. The van der Waals surface area contributed by atoms with E-state index in [4.69, 9.17) is 0 Å². The third kappa shape index (κ3) is 4.42. The van der Waals surface area contributed by atoms with Crippen molar-refractivity contribution in [3.8, 4) is 0 Å². The Morgan fingerprint density at radius 2 is 1.59 bits per heavy atom. The SMILES string of the molecule is CC(C)C(=O)C1CCC2(CC1)CC(N1CCC(c3cnc(C(C)C)nc3)CC1)C2. The lowest BCUT2D eigenvalue weighted by Gasteiger charge is -2.56. The summed E-state index contributed by atoms with van der Waals surface area (Å²) in [6.07, 6.45) is 14.2. The van der Waals surface area contributed by atoms with Crippen molar-refractivity contribution in [1.29, 1.82) is 0 Å². The van der Waals surface area contributed by atoms with Crippen LogP contribution in [0.5, 0.6) is 0 Å². The zero-order chi connectivity index (χ0) is 20.6. The van der Waals surface area contributed by atoms with E-state index in [9.17, 15) is 4.79 Å². The maximum atomic E-state index is 12.3. The molecule has 0 unspecified atom stereocenters. The number of piperidine rings is 1. The molecule has 3 aliphatic rings. The molecule has 1 spiro atoms. The van der Waals surface area contributed by atoms with Gasteiger partial charge in [-0.15, -0.1) is 0 Å². The quantitative estimate of drug-likeness (QED) is 0.672. The maximum absolute atomic E-state index is 12.3. The average Bonchev–Trinajstić information content (AvgIpc) is 2.72. The number of ketones is 1. The van der Waals surface area contributed by atoms with Crippen LogP contribution in [0.4, 0.5) is 0 Å². The largest absolute Gasteiger partial charge is 0.300 e. The van der Waals surface area contributed by atoms with E-state index in [1.807, 2.05) is 0 Å². The normalized spacial score (nSPS) is 31.4. The molecule has 0 bridgehead atoms. The molecule has 0 atom stereocenters. The Labute approximate surface area is 176 Å². The molecule has 2 saturated carbocycles. The summed E-state index contributed by atoms with van der Waals surface area (Å²) in [5.74, 6) is 3.03. The van der Waals surface area contributed by atoms with Gasteiger partial charge in [-0.2, -0.15) is 0 Å². The number of nitrogens with zero attached hydrogens (tertiary/aromatic N) is 3. The summed E-state index contributed by atoms with van der Waals surface area (Å²) in [5.41, 5.74) is 1.89. The molecule has 0 amide bonds. The summed E-state index contributed by atoms with van der Waals surface area (Å²) >= 11 is 0. The van der Waals surface area contributed by atoms with Crippen LogP contribution in [0, 0.1) is 17.3 Å². The lowest BCUT2D eigenvalue weighted by atomic mass is 9.56. The minimum Gasteiger partial charge on any atom is -0.300 e. The molecule has 0 aromatic carbocycles. The third-order valence-corrected chi connectivity index (χ3v) is 8.08. The van der Waals surface area contributed by atoms with Crippen molar-refractivity contribution in [2.45, 2.75) is 96.9 Å². The standard InChI is InChI=1S/C25H39N3O/c1-17(2)23(29)20-5-9-25(10-6-20)13-22(14-25)28-11-7-19(8-12-28)21-15-26-24(18(3)4)27-16-21/h15-20,22H,5-14H2,1-4H3. The van der Waals surface area contributed by atoms with Gasteiger partial charge in [0, 0.05) is 36.2 Å². The van der Waals surface area contributed by atoms with Crippen molar-refractivity contribution in [1.82, 2.24) is 14.9 Å². The molecular weight excluding hydrogens is 358 g/mol. The zero-order valence-corrected chi connectivity index (χ0v) is 18.9. The summed E-state index contributed by atoms with van der Waals surface area (Å²) in [7, 11) is 0. The molecule has 1 aliphatic heterocycles. The van der Waals surface area contributed by atoms with Gasteiger partial charge in [0.15, 0.2) is 0 Å². The van der Waals surface area contributed by atoms with E-state index in [0.717, 1.165) is 24.7 Å². The van der Waals surface area contributed by atoms with Gasteiger partial charge in [0.1, 0.15) is 11.6 Å². The van der Waals surface area contributed by atoms with E-state index < -0.39 is 0 Å². The van der Waals surface area contributed by atoms with Gasteiger partial charge < -0.3 is 4.90 Å². The fourth-order valence-corrected chi connectivity index (χ4v) is 6.05. The second kappa shape index (κ2) is 8.45. The number of Topliss-reactive ketones (excluding diaryl/α,β-unsaturated/α-hetero) is 1. The Morgan fingerprint density at radius 1 is 1.00 bits per heavy atom. The highest BCUT2D eigenvalue weighted by Gasteiger charge is 2.49. The number of hydrogen-bond acceptors (Lipinski definition) is 4. The summed E-state index contributed by atoms with van der Waals surface area (Å²) in [6.45, 7) is 10.8. The highest BCUT2D eigenvalue weighted by atomic mass is 16.1. The van der Waals surface area contributed by atoms with E-state index in [0.29, 0.717) is 29.0 Å². The van der Waals surface area contributed by atoms with Crippen molar-refractivity contribution in [2.75, 3.05) is 13.1 Å². The summed E-state index contributed by atoms with van der Waals surface area (Å²) < 4.78 is 0. The van der Waals surface area contributed by atoms with E-state index >= 15 is 0 Å². The predicted molar refractivity (Wildman–Crippen MR) is 117 cm³/mol. The molecule has 2 heterocycles. The van der Waals surface area contributed by atoms with Crippen molar-refractivity contribution >= 4 is 5.78 Å². The first-order valence-corrected chi connectivity index (χ1v) is 12.0. The van der Waals surface area contributed by atoms with Crippen LogP contribution in [-0.4, -0.2) is 39.8 Å². The number of aromatic nitrogens is 2. The number of rotatable bonds is 5. The lowest BCUT2D eigenvalue weighted by molar-refractivity contribution is -0.129. The molecule has 4 heteroatoms. The predicted octanol–water partition coefficient (Wildman–Crippen LogP) is 5.34. The maximum Gasteiger partial charge on any atom is 0.138 e. The Morgan fingerprint density at radius 3 is 2.10 bits per heavy atom. The Bertz CT molecular complexity index is 687. The fraction of sp³-hybridized carbons (Fsp3) is 0.800. The molecule has 1 aromatic heterocycles. The first-order chi connectivity index (χ1) is 13.9. The Balaban J connectivity index is 1.23. The first kappa shape index (κ1) is 21.0. The van der Waals surface area contributed by atoms with E-state index in [1.54, 1.807) is 0 Å². The number of carbonyl (C=O) groups is 1. The second-order valence-electron chi connectivity index (χ2n) is 10.7. The molecule has 0 N–H and O–H groups in total. The number of carbonyl (C=O) groups excluding carboxylic acids is 1. The molecule has 2 aliphatic carbocycles. The topological polar surface area (TPSA) is 46.1 Å². The Kier molecular flexibility index (Phi) is 6.11. The molecule has 1 saturated heterocycles. The van der Waals surface area contributed by atoms with Crippen molar-refractivity contribution in [3.63, 3.8) is 0 Å². The average molecular weight is 398 g/mol. The van der Waals surface area contributed by atoms with Crippen LogP contribution in [-0.2, 0) is 4.79 Å². The Hall–Kier alpha value is -1.29. The van der Waals surface area contributed by atoms with Crippen molar-refractivity contribution in [3.05, 3.63) is 23.8 Å². The third-order valence-electron chi connectivity index (χ3n) is 8.08. The van der Waals surface area contributed by atoms with Gasteiger partial charge in [-0.3, -0.25) is 4.79 Å². The summed E-state index contributed by atoms with van der Waals surface area (Å²) in [6, 6.07) is 0.785. The molecule has 0 radical (unpaired) electrons. The van der Waals surface area contributed by atoms with E-state index in [1.165, 1.54) is 57.2 Å². The number of hydrogen-bond donors (Lipinski definition) is 0. The van der Waals surface area contributed by atoms with Gasteiger partial charge >= 0.3 is 0 Å². The summed E-state index contributed by atoms with van der Waals surface area (Å²) in [5, 5.41) is 0. The monoisotopic (exact) mass is 397 g/mol. The van der Waals surface area contributed by atoms with E-state index in [2.05, 4.69) is 55.0 Å². The van der Waals surface area contributed by atoms with Gasteiger partial charge in [0.25, 0.3) is 0 Å². The molecule has 1 aromatic rings. The smallest absolute Gasteiger partial charge is 0.138 e. The van der Waals surface area contributed by atoms with Crippen LogP contribution in [0.15, 0.2) is 12.4 Å².